The summed E-state index contributed by atoms with van der Waals surface area (Å²) in [5, 5.41) is 3.36. The minimum Gasteiger partial charge on any atom is -0.484 e. The van der Waals surface area contributed by atoms with Gasteiger partial charge < -0.3 is 15.8 Å². The predicted octanol–water partition coefficient (Wildman–Crippen LogP) is 2.09. The number of carbonyl (C=O) groups excluding carboxylic acids is 1. The number of benzene rings is 1. The van der Waals surface area contributed by atoms with Crippen LogP contribution < -0.4 is 15.8 Å². The number of halogens is 1. The lowest BCUT2D eigenvalue weighted by atomic mass is 10.1. The fourth-order valence-corrected chi connectivity index (χ4v) is 1.63. The van der Waals surface area contributed by atoms with Crippen LogP contribution in [0, 0.1) is 0 Å². The molecule has 4 nitrogen and oxygen atoms in total. The molecule has 0 saturated heterocycles. The summed E-state index contributed by atoms with van der Waals surface area (Å²) in [4.78, 5) is 11.6. The van der Waals surface area contributed by atoms with Gasteiger partial charge in [-0.05, 0) is 38.5 Å². The highest BCUT2D eigenvalue weighted by atomic mass is 35.5. The molecule has 0 unspecified atom stereocenters. The smallest absolute Gasteiger partial charge is 0.258 e. The maximum atomic E-state index is 11.6. The Morgan fingerprint density at radius 2 is 2.11 bits per heavy atom. The molecule has 1 rings (SSSR count). The van der Waals surface area contributed by atoms with E-state index in [1.807, 2.05) is 20.8 Å². The predicted molar refractivity (Wildman–Crippen MR) is 72.7 cm³/mol. The van der Waals surface area contributed by atoms with Gasteiger partial charge in [-0.15, -0.1) is 0 Å². The van der Waals surface area contributed by atoms with E-state index in [-0.39, 0.29) is 18.1 Å². The first-order valence-electron chi connectivity index (χ1n) is 5.74. The van der Waals surface area contributed by atoms with Crippen LogP contribution in [0.4, 0.5) is 0 Å². The van der Waals surface area contributed by atoms with Crippen LogP contribution in [-0.2, 0) is 11.3 Å². The van der Waals surface area contributed by atoms with Crippen molar-refractivity contribution in [1.29, 1.82) is 0 Å². The third-order valence-corrected chi connectivity index (χ3v) is 2.48. The lowest BCUT2D eigenvalue weighted by Gasteiger charge is -2.20. The molecule has 5 heteroatoms. The normalized spacial score (nSPS) is 11.2. The Labute approximate surface area is 112 Å². The minimum atomic E-state index is -0.262. The van der Waals surface area contributed by atoms with Crippen molar-refractivity contribution in [2.45, 2.75) is 32.9 Å². The Hall–Kier alpha value is -1.26. The Bertz CT molecular complexity index is 427. The molecular weight excluding hydrogens is 252 g/mol. The Morgan fingerprint density at radius 3 is 2.61 bits per heavy atom. The number of ether oxygens (including phenoxy) is 1. The van der Waals surface area contributed by atoms with Crippen molar-refractivity contribution >= 4 is 17.5 Å². The zero-order chi connectivity index (χ0) is 13.8. The highest BCUT2D eigenvalue weighted by Gasteiger charge is 2.14. The molecule has 18 heavy (non-hydrogen) atoms. The van der Waals surface area contributed by atoms with Crippen molar-refractivity contribution < 1.29 is 9.53 Å². The number of nitrogens with two attached hydrogens (primary N) is 1. The summed E-state index contributed by atoms with van der Waals surface area (Å²) in [6.07, 6.45) is 0. The molecule has 0 atom stereocenters. The first-order valence-corrected chi connectivity index (χ1v) is 6.12. The lowest BCUT2D eigenvalue weighted by molar-refractivity contribution is -0.124. The van der Waals surface area contributed by atoms with E-state index < -0.39 is 0 Å². The summed E-state index contributed by atoms with van der Waals surface area (Å²) >= 11 is 5.99. The molecule has 0 spiro atoms. The van der Waals surface area contributed by atoms with Gasteiger partial charge in [0.2, 0.25) is 0 Å². The number of amides is 1. The minimum absolute atomic E-state index is 0.0322. The molecule has 0 fully saturated rings. The standard InChI is InChI=1S/C13H19ClN2O2/c1-13(2,3)16-12(17)8-18-10-5-4-9(7-15)11(14)6-10/h4-6H,7-8,15H2,1-3H3,(H,16,17). The van der Waals surface area contributed by atoms with Crippen molar-refractivity contribution in [2.75, 3.05) is 6.61 Å². The van der Waals surface area contributed by atoms with Gasteiger partial charge in [0.1, 0.15) is 5.75 Å². The van der Waals surface area contributed by atoms with Gasteiger partial charge in [-0.1, -0.05) is 17.7 Å². The second-order valence-electron chi connectivity index (χ2n) is 5.04. The molecule has 1 amide bonds. The van der Waals surface area contributed by atoms with E-state index in [9.17, 15) is 4.79 Å². The lowest BCUT2D eigenvalue weighted by Crippen LogP contribution is -2.43. The van der Waals surface area contributed by atoms with E-state index in [1.54, 1.807) is 18.2 Å². The van der Waals surface area contributed by atoms with Crippen LogP contribution in [0.15, 0.2) is 18.2 Å². The molecule has 0 aliphatic rings. The van der Waals surface area contributed by atoms with Gasteiger partial charge in [-0.2, -0.15) is 0 Å². The van der Waals surface area contributed by atoms with Crippen LogP contribution in [0.5, 0.6) is 5.75 Å². The topological polar surface area (TPSA) is 64.3 Å². The van der Waals surface area contributed by atoms with E-state index >= 15 is 0 Å². The molecule has 0 aromatic heterocycles. The van der Waals surface area contributed by atoms with Gasteiger partial charge in [-0.25, -0.2) is 0 Å². The van der Waals surface area contributed by atoms with E-state index in [1.165, 1.54) is 0 Å². The molecule has 0 heterocycles. The Morgan fingerprint density at radius 1 is 1.44 bits per heavy atom. The van der Waals surface area contributed by atoms with E-state index in [4.69, 9.17) is 22.1 Å². The fraction of sp³-hybridized carbons (Fsp3) is 0.462. The third kappa shape index (κ3) is 4.94. The average Bonchev–Trinajstić information content (AvgIpc) is 2.24. The highest BCUT2D eigenvalue weighted by molar-refractivity contribution is 6.31. The van der Waals surface area contributed by atoms with E-state index in [0.717, 1.165) is 5.56 Å². The molecule has 0 radical (unpaired) electrons. The first kappa shape index (κ1) is 14.8. The van der Waals surface area contributed by atoms with Crippen molar-refractivity contribution in [3.05, 3.63) is 28.8 Å². The summed E-state index contributed by atoms with van der Waals surface area (Å²) in [6.45, 7) is 6.09. The summed E-state index contributed by atoms with van der Waals surface area (Å²) < 4.78 is 5.36. The van der Waals surface area contributed by atoms with Gasteiger partial charge in [0.25, 0.3) is 5.91 Å². The number of hydrogen-bond acceptors (Lipinski definition) is 3. The molecule has 0 saturated carbocycles. The van der Waals surface area contributed by atoms with Crippen molar-refractivity contribution in [3.63, 3.8) is 0 Å². The van der Waals surface area contributed by atoms with Gasteiger partial charge in [-0.3, -0.25) is 4.79 Å². The zero-order valence-electron chi connectivity index (χ0n) is 10.9. The summed E-state index contributed by atoms with van der Waals surface area (Å²) in [7, 11) is 0. The summed E-state index contributed by atoms with van der Waals surface area (Å²) in [6, 6.07) is 5.20. The molecular formula is C13H19ClN2O2. The number of nitrogens with one attached hydrogen (secondary N) is 1. The molecule has 0 bridgehead atoms. The maximum absolute atomic E-state index is 11.6. The van der Waals surface area contributed by atoms with Crippen LogP contribution >= 0.6 is 11.6 Å². The summed E-state index contributed by atoms with van der Waals surface area (Å²) in [5.74, 6) is 0.391. The van der Waals surface area contributed by atoms with Crippen LogP contribution in [0.25, 0.3) is 0 Å². The van der Waals surface area contributed by atoms with Crippen LogP contribution in [0.1, 0.15) is 26.3 Å². The number of rotatable bonds is 4. The van der Waals surface area contributed by atoms with Crippen LogP contribution in [-0.4, -0.2) is 18.1 Å². The first-order chi connectivity index (χ1) is 8.31. The van der Waals surface area contributed by atoms with Crippen molar-refractivity contribution in [2.24, 2.45) is 5.73 Å². The zero-order valence-corrected chi connectivity index (χ0v) is 11.7. The van der Waals surface area contributed by atoms with Crippen molar-refractivity contribution in [1.82, 2.24) is 5.32 Å². The average molecular weight is 271 g/mol. The van der Waals surface area contributed by atoms with E-state index in [0.29, 0.717) is 17.3 Å². The monoisotopic (exact) mass is 270 g/mol. The fourth-order valence-electron chi connectivity index (χ4n) is 1.39. The Kier molecular flexibility index (Phi) is 4.99. The molecule has 100 valence electrons. The molecule has 0 aliphatic carbocycles. The van der Waals surface area contributed by atoms with Crippen LogP contribution in [0.3, 0.4) is 0 Å². The second-order valence-corrected chi connectivity index (χ2v) is 5.45. The number of carbonyl (C=O) groups is 1. The van der Waals surface area contributed by atoms with Crippen LogP contribution in [0.2, 0.25) is 5.02 Å². The van der Waals surface area contributed by atoms with Crippen molar-refractivity contribution in [3.8, 4) is 5.75 Å². The second kappa shape index (κ2) is 6.07. The molecule has 3 N–H and O–H groups in total. The largest absolute Gasteiger partial charge is 0.484 e. The third-order valence-electron chi connectivity index (χ3n) is 2.13. The van der Waals surface area contributed by atoms with Gasteiger partial charge in [0.05, 0.1) is 0 Å². The molecule has 1 aromatic rings. The van der Waals surface area contributed by atoms with Gasteiger partial charge in [0, 0.05) is 17.1 Å². The van der Waals surface area contributed by atoms with E-state index in [2.05, 4.69) is 5.32 Å². The maximum Gasteiger partial charge on any atom is 0.258 e. The Balaban J connectivity index is 2.54. The highest BCUT2D eigenvalue weighted by Crippen LogP contribution is 2.22. The van der Waals surface area contributed by atoms with Gasteiger partial charge >= 0.3 is 0 Å². The SMILES string of the molecule is CC(C)(C)NC(=O)COc1ccc(CN)c(Cl)c1. The quantitative estimate of drug-likeness (QED) is 0.881. The number of hydrogen-bond donors (Lipinski definition) is 2. The molecule has 0 aliphatic heterocycles. The molecule has 1 aromatic carbocycles. The summed E-state index contributed by atoms with van der Waals surface area (Å²) in [5.41, 5.74) is 6.09. The van der Waals surface area contributed by atoms with Gasteiger partial charge in [0.15, 0.2) is 6.61 Å².